The summed E-state index contributed by atoms with van der Waals surface area (Å²) in [5.41, 5.74) is 3.65. The summed E-state index contributed by atoms with van der Waals surface area (Å²) in [4.78, 5) is 0. The molecule has 0 aliphatic carbocycles. The number of anilines is 1. The molecule has 0 spiro atoms. The molecule has 3 nitrogen and oxygen atoms in total. The van der Waals surface area contributed by atoms with Crippen molar-refractivity contribution in [2.24, 2.45) is 0 Å². The predicted octanol–water partition coefficient (Wildman–Crippen LogP) is 3.76. The minimum atomic E-state index is 0.0715. The summed E-state index contributed by atoms with van der Waals surface area (Å²) < 4.78 is 5.29. The van der Waals surface area contributed by atoms with Crippen molar-refractivity contribution in [3.05, 3.63) is 59.7 Å². The second-order valence-corrected chi connectivity index (χ2v) is 4.45. The highest BCUT2D eigenvalue weighted by Gasteiger charge is 2.01. The summed E-state index contributed by atoms with van der Waals surface area (Å²) in [5.74, 6) is 0.709. The zero-order valence-corrected chi connectivity index (χ0v) is 11.6. The first-order valence-corrected chi connectivity index (χ1v) is 6.74. The molecule has 0 heterocycles. The minimum absolute atomic E-state index is 0.0715. The summed E-state index contributed by atoms with van der Waals surface area (Å²) in [6.07, 6.45) is 1.03. The van der Waals surface area contributed by atoms with E-state index >= 15 is 0 Å². The van der Waals surface area contributed by atoms with Gasteiger partial charge in [0.25, 0.3) is 0 Å². The highest BCUT2D eigenvalue weighted by Crippen LogP contribution is 2.19. The number of rotatable bonds is 6. The van der Waals surface area contributed by atoms with Gasteiger partial charge < -0.3 is 10.1 Å². The molecular formula is C17H18N2O. The molecule has 0 fully saturated rings. The predicted molar refractivity (Wildman–Crippen MR) is 80.7 cm³/mol. The van der Waals surface area contributed by atoms with Gasteiger partial charge in [-0.1, -0.05) is 37.3 Å². The Balaban J connectivity index is 2.02. The molecule has 0 amide bonds. The van der Waals surface area contributed by atoms with Crippen LogP contribution in [0.15, 0.2) is 48.5 Å². The van der Waals surface area contributed by atoms with Crippen molar-refractivity contribution >= 4 is 5.69 Å². The van der Waals surface area contributed by atoms with Gasteiger partial charge in [0.15, 0.2) is 6.61 Å². The van der Waals surface area contributed by atoms with Gasteiger partial charge in [0, 0.05) is 18.3 Å². The van der Waals surface area contributed by atoms with Crippen LogP contribution in [0.1, 0.15) is 18.1 Å². The molecule has 0 aliphatic heterocycles. The van der Waals surface area contributed by atoms with E-state index in [4.69, 9.17) is 10.00 Å². The van der Waals surface area contributed by atoms with Crippen LogP contribution in [0.4, 0.5) is 5.69 Å². The monoisotopic (exact) mass is 266 g/mol. The maximum atomic E-state index is 8.52. The van der Waals surface area contributed by atoms with E-state index in [-0.39, 0.29) is 6.61 Å². The van der Waals surface area contributed by atoms with E-state index in [1.54, 1.807) is 0 Å². The van der Waals surface area contributed by atoms with Crippen LogP contribution in [0, 0.1) is 11.3 Å². The molecule has 2 aromatic carbocycles. The highest BCUT2D eigenvalue weighted by molar-refractivity contribution is 5.49. The van der Waals surface area contributed by atoms with E-state index in [0.717, 1.165) is 18.7 Å². The fourth-order valence-electron chi connectivity index (χ4n) is 2.08. The average Bonchev–Trinajstić information content (AvgIpc) is 2.51. The number of hydrogen-bond acceptors (Lipinski definition) is 3. The van der Waals surface area contributed by atoms with Gasteiger partial charge in [0.2, 0.25) is 0 Å². The third-order valence-electron chi connectivity index (χ3n) is 3.12. The molecule has 1 N–H and O–H groups in total. The van der Waals surface area contributed by atoms with Crippen LogP contribution in [0.2, 0.25) is 0 Å². The van der Waals surface area contributed by atoms with Gasteiger partial charge in [-0.15, -0.1) is 0 Å². The Hall–Kier alpha value is -2.47. The van der Waals surface area contributed by atoms with Crippen LogP contribution >= 0.6 is 0 Å². The first kappa shape index (κ1) is 14.0. The summed E-state index contributed by atoms with van der Waals surface area (Å²) in [6.45, 7) is 3.02. The Morgan fingerprint density at radius 3 is 2.65 bits per heavy atom. The molecule has 0 aliphatic rings. The average molecular weight is 266 g/mol. The normalized spacial score (nSPS) is 9.80. The third kappa shape index (κ3) is 3.76. The number of nitrogens with one attached hydrogen (secondary N) is 1. The van der Waals surface area contributed by atoms with Crippen molar-refractivity contribution in [3.63, 3.8) is 0 Å². The van der Waals surface area contributed by atoms with Crippen molar-refractivity contribution in [1.82, 2.24) is 0 Å². The Morgan fingerprint density at radius 2 is 1.90 bits per heavy atom. The highest BCUT2D eigenvalue weighted by atomic mass is 16.5. The van der Waals surface area contributed by atoms with Crippen LogP contribution in [-0.2, 0) is 13.0 Å². The Kier molecular flexibility index (Phi) is 5.02. The summed E-state index contributed by atoms with van der Waals surface area (Å²) >= 11 is 0. The summed E-state index contributed by atoms with van der Waals surface area (Å²) in [7, 11) is 0. The molecule has 0 radical (unpaired) electrons. The third-order valence-corrected chi connectivity index (χ3v) is 3.12. The van der Waals surface area contributed by atoms with Crippen LogP contribution in [0.5, 0.6) is 5.75 Å². The molecular weight excluding hydrogens is 248 g/mol. The van der Waals surface area contributed by atoms with Gasteiger partial charge in [-0.25, -0.2) is 0 Å². The largest absolute Gasteiger partial charge is 0.479 e. The van der Waals surface area contributed by atoms with Gasteiger partial charge in [0.1, 0.15) is 11.8 Å². The molecule has 0 aromatic heterocycles. The van der Waals surface area contributed by atoms with E-state index in [0.29, 0.717) is 5.75 Å². The lowest BCUT2D eigenvalue weighted by molar-refractivity contribution is 0.368. The number of nitriles is 1. The van der Waals surface area contributed by atoms with Crippen LogP contribution in [-0.4, -0.2) is 6.61 Å². The van der Waals surface area contributed by atoms with Crippen LogP contribution < -0.4 is 10.1 Å². The van der Waals surface area contributed by atoms with Gasteiger partial charge >= 0.3 is 0 Å². The van der Waals surface area contributed by atoms with E-state index in [1.165, 1.54) is 11.1 Å². The lowest BCUT2D eigenvalue weighted by Gasteiger charge is -2.11. The Morgan fingerprint density at radius 1 is 1.10 bits per heavy atom. The van der Waals surface area contributed by atoms with Crippen molar-refractivity contribution in [1.29, 1.82) is 5.26 Å². The Bertz CT molecular complexity index is 602. The standard InChI is InChI=1S/C17H18N2O/c1-2-14-6-3-4-7-15(14)13-19-16-8-5-9-17(12-16)20-11-10-18/h3-9,12,19H,2,11,13H2,1H3. The van der Waals surface area contributed by atoms with Crippen molar-refractivity contribution in [3.8, 4) is 11.8 Å². The fourth-order valence-corrected chi connectivity index (χ4v) is 2.08. The second kappa shape index (κ2) is 7.20. The number of ether oxygens (including phenoxy) is 1. The van der Waals surface area contributed by atoms with Gasteiger partial charge in [-0.05, 0) is 29.7 Å². The molecule has 2 rings (SSSR count). The summed E-state index contributed by atoms with van der Waals surface area (Å²) in [6, 6.07) is 18.1. The van der Waals surface area contributed by atoms with E-state index in [2.05, 4.69) is 36.5 Å². The number of nitrogens with zero attached hydrogens (tertiary/aromatic N) is 1. The fraction of sp³-hybridized carbons (Fsp3) is 0.235. The SMILES string of the molecule is CCc1ccccc1CNc1cccc(OCC#N)c1. The maximum absolute atomic E-state index is 8.52. The van der Waals surface area contributed by atoms with Crippen molar-refractivity contribution in [2.45, 2.75) is 19.9 Å². The lowest BCUT2D eigenvalue weighted by atomic mass is 10.1. The van der Waals surface area contributed by atoms with Gasteiger partial charge in [-0.3, -0.25) is 0 Å². The molecule has 0 bridgehead atoms. The Labute approximate surface area is 119 Å². The smallest absolute Gasteiger partial charge is 0.174 e. The van der Waals surface area contributed by atoms with Crippen molar-refractivity contribution in [2.75, 3.05) is 11.9 Å². The minimum Gasteiger partial charge on any atom is -0.479 e. The van der Waals surface area contributed by atoms with Crippen LogP contribution in [0.25, 0.3) is 0 Å². The zero-order chi connectivity index (χ0) is 14.2. The topological polar surface area (TPSA) is 45.0 Å². The molecule has 102 valence electrons. The first-order valence-electron chi connectivity index (χ1n) is 6.74. The van der Waals surface area contributed by atoms with Gasteiger partial charge in [-0.2, -0.15) is 5.26 Å². The van der Waals surface area contributed by atoms with Crippen LogP contribution in [0.3, 0.4) is 0 Å². The quantitative estimate of drug-likeness (QED) is 0.865. The molecule has 2 aromatic rings. The number of hydrogen-bond donors (Lipinski definition) is 1. The first-order chi connectivity index (χ1) is 9.83. The van der Waals surface area contributed by atoms with E-state index < -0.39 is 0 Å². The van der Waals surface area contributed by atoms with E-state index in [9.17, 15) is 0 Å². The molecule has 0 saturated heterocycles. The molecule has 20 heavy (non-hydrogen) atoms. The summed E-state index contributed by atoms with van der Waals surface area (Å²) in [5, 5.41) is 11.9. The molecule has 0 saturated carbocycles. The van der Waals surface area contributed by atoms with Gasteiger partial charge in [0.05, 0.1) is 0 Å². The maximum Gasteiger partial charge on any atom is 0.174 e. The number of aryl methyl sites for hydroxylation is 1. The van der Waals surface area contributed by atoms with Crippen molar-refractivity contribution < 1.29 is 4.74 Å². The number of benzene rings is 2. The molecule has 3 heteroatoms. The zero-order valence-electron chi connectivity index (χ0n) is 11.6. The lowest BCUT2D eigenvalue weighted by Crippen LogP contribution is -2.03. The molecule has 0 atom stereocenters. The molecule has 0 unspecified atom stereocenters. The van der Waals surface area contributed by atoms with E-state index in [1.807, 2.05) is 30.3 Å². The second-order valence-electron chi connectivity index (χ2n) is 4.45.